The largest absolute Gasteiger partial charge is 0.466 e. The molecule has 0 aromatic carbocycles. The van der Waals surface area contributed by atoms with Crippen LogP contribution in [0, 0.1) is 0 Å². The van der Waals surface area contributed by atoms with Crippen molar-refractivity contribution in [3.63, 3.8) is 0 Å². The molecule has 0 amide bonds. The lowest BCUT2D eigenvalue weighted by Crippen LogP contribution is -2.45. The van der Waals surface area contributed by atoms with Gasteiger partial charge in [0.1, 0.15) is 18.5 Å². The summed E-state index contributed by atoms with van der Waals surface area (Å²) >= 11 is 1.30. The van der Waals surface area contributed by atoms with Crippen molar-refractivity contribution in [3.8, 4) is 5.19 Å². The highest BCUT2D eigenvalue weighted by molar-refractivity contribution is 7.07. The Morgan fingerprint density at radius 1 is 1.56 bits per heavy atom. The number of rotatable bonds is 4. The maximum atomic E-state index is 5.71. The molecule has 1 N–H and O–H groups in total. The van der Waals surface area contributed by atoms with Crippen molar-refractivity contribution < 1.29 is 9.47 Å². The van der Waals surface area contributed by atoms with Gasteiger partial charge in [-0.3, -0.25) is 0 Å². The molecule has 5 nitrogen and oxygen atoms in total. The van der Waals surface area contributed by atoms with Crippen molar-refractivity contribution in [3.05, 3.63) is 5.82 Å². The number of hydrogen-bond donors (Lipinski definition) is 1. The first-order valence-electron chi connectivity index (χ1n) is 5.59. The van der Waals surface area contributed by atoms with E-state index in [4.69, 9.17) is 9.47 Å². The van der Waals surface area contributed by atoms with Gasteiger partial charge in [0.2, 0.25) is 0 Å². The Bertz CT molecular complexity index is 332. The van der Waals surface area contributed by atoms with E-state index in [2.05, 4.69) is 21.6 Å². The normalized spacial score (nSPS) is 25.6. The van der Waals surface area contributed by atoms with Crippen LogP contribution in [0.1, 0.15) is 19.7 Å². The summed E-state index contributed by atoms with van der Waals surface area (Å²) in [5.74, 6) is 0.844. The molecule has 1 aliphatic rings. The van der Waals surface area contributed by atoms with Crippen LogP contribution in [0.3, 0.4) is 0 Å². The van der Waals surface area contributed by atoms with Gasteiger partial charge < -0.3 is 14.8 Å². The number of nitrogens with zero attached hydrogens (tertiary/aromatic N) is 2. The Kier molecular flexibility index (Phi) is 4.09. The predicted octanol–water partition coefficient (Wildman–Crippen LogP) is 0.856. The Morgan fingerprint density at radius 2 is 2.44 bits per heavy atom. The van der Waals surface area contributed by atoms with Crippen LogP contribution in [0.5, 0.6) is 5.19 Å². The van der Waals surface area contributed by atoms with Crippen LogP contribution < -0.4 is 10.1 Å². The third-order valence-electron chi connectivity index (χ3n) is 2.39. The Balaban J connectivity index is 1.78. The average molecular weight is 243 g/mol. The topological polar surface area (TPSA) is 56.3 Å². The minimum atomic E-state index is 0.109. The van der Waals surface area contributed by atoms with Crippen molar-refractivity contribution in [1.29, 1.82) is 0 Å². The number of aryl methyl sites for hydroxylation is 1. The lowest BCUT2D eigenvalue weighted by Gasteiger charge is -2.28. The molecule has 16 heavy (non-hydrogen) atoms. The number of ether oxygens (including phenoxy) is 2. The second-order valence-corrected chi connectivity index (χ2v) is 4.58. The number of nitrogens with one attached hydrogen (secondary N) is 1. The average Bonchev–Trinajstić information content (AvgIpc) is 2.74. The summed E-state index contributed by atoms with van der Waals surface area (Å²) in [5, 5.41) is 3.94. The molecule has 2 unspecified atom stereocenters. The first kappa shape index (κ1) is 11.8. The van der Waals surface area contributed by atoms with Crippen LogP contribution >= 0.6 is 11.5 Å². The smallest absolute Gasteiger partial charge is 0.293 e. The quantitative estimate of drug-likeness (QED) is 0.850. The molecule has 1 aromatic rings. The van der Waals surface area contributed by atoms with E-state index in [1.54, 1.807) is 0 Å². The summed E-state index contributed by atoms with van der Waals surface area (Å²) in [6.45, 7) is 6.37. The van der Waals surface area contributed by atoms with Gasteiger partial charge in [-0.1, -0.05) is 6.92 Å². The van der Waals surface area contributed by atoms with Gasteiger partial charge in [-0.05, 0) is 6.92 Å². The van der Waals surface area contributed by atoms with Gasteiger partial charge in [0.05, 0.1) is 6.10 Å². The lowest BCUT2D eigenvalue weighted by molar-refractivity contribution is -0.0470. The molecule has 1 fully saturated rings. The summed E-state index contributed by atoms with van der Waals surface area (Å²) in [6.07, 6.45) is 1.21. The van der Waals surface area contributed by atoms with E-state index >= 15 is 0 Å². The highest BCUT2D eigenvalue weighted by atomic mass is 32.1. The second-order valence-electron chi connectivity index (χ2n) is 3.87. The minimum absolute atomic E-state index is 0.109. The van der Waals surface area contributed by atoms with Gasteiger partial charge in [0.25, 0.3) is 5.19 Å². The molecule has 0 spiro atoms. The van der Waals surface area contributed by atoms with Gasteiger partial charge in [-0.15, -0.1) is 0 Å². The van der Waals surface area contributed by atoms with E-state index in [0.29, 0.717) is 11.8 Å². The van der Waals surface area contributed by atoms with Crippen LogP contribution in [-0.2, 0) is 11.2 Å². The van der Waals surface area contributed by atoms with Crippen LogP contribution in [0.2, 0.25) is 0 Å². The fourth-order valence-corrected chi connectivity index (χ4v) is 2.20. The number of aromatic nitrogens is 2. The molecule has 0 saturated carbocycles. The number of morpholine rings is 1. The highest BCUT2D eigenvalue weighted by Crippen LogP contribution is 2.15. The zero-order valence-electron chi connectivity index (χ0n) is 9.60. The molecule has 0 radical (unpaired) electrons. The first-order valence-corrected chi connectivity index (χ1v) is 6.36. The molecule has 2 rings (SSSR count). The molecule has 90 valence electrons. The third-order valence-corrected chi connectivity index (χ3v) is 3.05. The summed E-state index contributed by atoms with van der Waals surface area (Å²) in [4.78, 5) is 4.24. The van der Waals surface area contributed by atoms with Crippen molar-refractivity contribution in [2.45, 2.75) is 32.5 Å². The lowest BCUT2D eigenvalue weighted by atomic mass is 10.2. The molecule has 2 atom stereocenters. The minimum Gasteiger partial charge on any atom is -0.466 e. The standard InChI is InChI=1S/C10H17N3O2S/c1-3-9-12-10(16-13-9)14-6-8-5-11-4-7(2)15-8/h7-8,11H,3-6H2,1-2H3. The van der Waals surface area contributed by atoms with Gasteiger partial charge in [0.15, 0.2) is 0 Å². The predicted molar refractivity (Wildman–Crippen MR) is 62.0 cm³/mol. The molecule has 1 aromatic heterocycles. The van der Waals surface area contributed by atoms with Gasteiger partial charge in [-0.2, -0.15) is 9.36 Å². The maximum Gasteiger partial charge on any atom is 0.293 e. The van der Waals surface area contributed by atoms with Gasteiger partial charge >= 0.3 is 0 Å². The third kappa shape index (κ3) is 3.13. The zero-order chi connectivity index (χ0) is 11.4. The second kappa shape index (κ2) is 5.56. The van der Waals surface area contributed by atoms with E-state index in [9.17, 15) is 0 Å². The van der Waals surface area contributed by atoms with Crippen molar-refractivity contribution in [2.24, 2.45) is 0 Å². The molecule has 1 aliphatic heterocycles. The Labute approximate surface area is 99.3 Å². The molecule has 0 bridgehead atoms. The maximum absolute atomic E-state index is 5.71. The van der Waals surface area contributed by atoms with Crippen LogP contribution in [0.25, 0.3) is 0 Å². The zero-order valence-corrected chi connectivity index (χ0v) is 10.4. The Hall–Kier alpha value is -0.720. The first-order chi connectivity index (χ1) is 7.78. The molecule has 0 aliphatic carbocycles. The molecule has 1 saturated heterocycles. The molecular formula is C10H17N3O2S. The monoisotopic (exact) mass is 243 g/mol. The van der Waals surface area contributed by atoms with Gasteiger partial charge in [0, 0.05) is 31.0 Å². The summed E-state index contributed by atoms with van der Waals surface area (Å²) in [5.41, 5.74) is 0. The summed E-state index contributed by atoms with van der Waals surface area (Å²) < 4.78 is 15.4. The fraction of sp³-hybridized carbons (Fsp3) is 0.800. The van der Waals surface area contributed by atoms with Crippen LogP contribution in [0.4, 0.5) is 0 Å². The van der Waals surface area contributed by atoms with Crippen molar-refractivity contribution >= 4 is 11.5 Å². The Morgan fingerprint density at radius 3 is 3.12 bits per heavy atom. The SMILES string of the molecule is CCc1nsc(OCC2CNCC(C)O2)n1. The summed E-state index contributed by atoms with van der Waals surface area (Å²) in [7, 11) is 0. The van der Waals surface area contributed by atoms with Gasteiger partial charge in [-0.25, -0.2) is 0 Å². The van der Waals surface area contributed by atoms with E-state index in [0.717, 1.165) is 25.3 Å². The van der Waals surface area contributed by atoms with Crippen LogP contribution in [0.15, 0.2) is 0 Å². The fourth-order valence-electron chi connectivity index (χ4n) is 1.57. The van der Waals surface area contributed by atoms with E-state index < -0.39 is 0 Å². The summed E-state index contributed by atoms with van der Waals surface area (Å²) in [6, 6.07) is 0. The van der Waals surface area contributed by atoms with Crippen molar-refractivity contribution in [1.82, 2.24) is 14.7 Å². The van der Waals surface area contributed by atoms with Crippen LogP contribution in [-0.4, -0.2) is 41.3 Å². The van der Waals surface area contributed by atoms with E-state index in [1.165, 1.54) is 11.5 Å². The van der Waals surface area contributed by atoms with E-state index in [-0.39, 0.29) is 12.2 Å². The van der Waals surface area contributed by atoms with E-state index in [1.807, 2.05) is 6.92 Å². The van der Waals surface area contributed by atoms with Crippen molar-refractivity contribution in [2.75, 3.05) is 19.7 Å². The molecule has 2 heterocycles. The molecule has 6 heteroatoms. The highest BCUT2D eigenvalue weighted by Gasteiger charge is 2.19. The molecular weight excluding hydrogens is 226 g/mol. The number of hydrogen-bond acceptors (Lipinski definition) is 6.